The van der Waals surface area contributed by atoms with Gasteiger partial charge in [-0.1, -0.05) is 30.3 Å². The molecule has 3 atom stereocenters. The van der Waals surface area contributed by atoms with Gasteiger partial charge in [0.05, 0.1) is 6.04 Å². The third-order valence-electron chi connectivity index (χ3n) is 7.25. The summed E-state index contributed by atoms with van der Waals surface area (Å²) in [4.78, 5) is 18.5. The number of aryl methyl sites for hydroxylation is 2. The molecule has 4 aliphatic rings. The second kappa shape index (κ2) is 6.63. The molecule has 0 aromatic heterocycles. The highest BCUT2D eigenvalue weighted by Gasteiger charge is 2.54. The molecule has 0 spiro atoms. The van der Waals surface area contributed by atoms with Crippen LogP contribution in [0.3, 0.4) is 0 Å². The highest BCUT2D eigenvalue weighted by molar-refractivity contribution is 5.97. The van der Waals surface area contributed by atoms with Gasteiger partial charge < -0.3 is 10.0 Å². The van der Waals surface area contributed by atoms with Crippen molar-refractivity contribution in [1.82, 2.24) is 9.80 Å². The van der Waals surface area contributed by atoms with Gasteiger partial charge in [-0.15, -0.1) is 0 Å². The fourth-order valence-electron chi connectivity index (χ4n) is 6.00. The average Bonchev–Trinajstić information content (AvgIpc) is 3.11. The van der Waals surface area contributed by atoms with Crippen LogP contribution in [0.25, 0.3) is 0 Å². The first kappa shape index (κ1) is 17.7. The Hall–Kier alpha value is -2.33. The SMILES string of the molecule is Cc1cccc(C)c1C(=O)N1C[C@H](c2cccc(O)c2)[C@H]2[C@@H]1C1CCN2CC1. The van der Waals surface area contributed by atoms with Crippen molar-refractivity contribution in [2.45, 2.75) is 44.7 Å². The first-order valence-electron chi connectivity index (χ1n) is 10.4. The molecule has 0 unspecified atom stereocenters. The molecule has 4 nitrogen and oxygen atoms in total. The zero-order chi connectivity index (χ0) is 19.4. The minimum absolute atomic E-state index is 0.182. The predicted octanol–water partition coefficient (Wildman–Crippen LogP) is 3.71. The van der Waals surface area contributed by atoms with Crippen molar-refractivity contribution >= 4 is 5.91 Å². The lowest BCUT2D eigenvalue weighted by Gasteiger charge is -2.51. The molecule has 4 aliphatic heterocycles. The van der Waals surface area contributed by atoms with Gasteiger partial charge in [0.1, 0.15) is 5.75 Å². The van der Waals surface area contributed by atoms with Crippen LogP contribution in [0.1, 0.15) is 45.8 Å². The summed E-state index contributed by atoms with van der Waals surface area (Å²) in [6.07, 6.45) is 2.37. The van der Waals surface area contributed by atoms with Crippen molar-refractivity contribution in [1.29, 1.82) is 0 Å². The fourth-order valence-corrected chi connectivity index (χ4v) is 6.00. The van der Waals surface area contributed by atoms with E-state index in [1.807, 2.05) is 44.2 Å². The summed E-state index contributed by atoms with van der Waals surface area (Å²) >= 11 is 0. The molecule has 0 saturated carbocycles. The van der Waals surface area contributed by atoms with E-state index in [0.29, 0.717) is 17.7 Å². The van der Waals surface area contributed by atoms with E-state index in [9.17, 15) is 9.90 Å². The number of hydrogen-bond acceptors (Lipinski definition) is 3. The number of rotatable bonds is 2. The van der Waals surface area contributed by atoms with Crippen molar-refractivity contribution in [3.05, 3.63) is 64.7 Å². The zero-order valence-electron chi connectivity index (χ0n) is 16.6. The fraction of sp³-hybridized carbons (Fsp3) is 0.458. The normalized spacial score (nSPS) is 31.1. The van der Waals surface area contributed by atoms with E-state index in [2.05, 4.69) is 15.9 Å². The molecule has 1 N–H and O–H groups in total. The first-order chi connectivity index (χ1) is 13.5. The standard InChI is InChI=1S/C24H28N2O2/c1-15-5-3-6-16(2)21(15)24(28)26-14-20(18-7-4-8-19(27)13-18)23-22(26)17-9-11-25(23)12-10-17/h3-8,13,17,20,22-23,27H,9-12,14H2,1-2H3/t20-,22+,23+/m1/s1. The second-order valence-corrected chi connectivity index (χ2v) is 8.78. The number of benzene rings is 2. The van der Waals surface area contributed by atoms with Crippen LogP contribution >= 0.6 is 0 Å². The molecule has 0 radical (unpaired) electrons. The number of phenolic OH excluding ortho intramolecular Hbond substituents is 1. The van der Waals surface area contributed by atoms with Crippen LogP contribution in [0, 0.1) is 19.8 Å². The van der Waals surface area contributed by atoms with E-state index in [0.717, 1.165) is 41.9 Å². The second-order valence-electron chi connectivity index (χ2n) is 8.78. The first-order valence-corrected chi connectivity index (χ1v) is 10.4. The number of nitrogens with zero attached hydrogens (tertiary/aromatic N) is 2. The number of aromatic hydroxyl groups is 1. The van der Waals surface area contributed by atoms with Crippen LogP contribution in [0.5, 0.6) is 5.75 Å². The van der Waals surface area contributed by atoms with Gasteiger partial charge in [0.15, 0.2) is 0 Å². The Morgan fingerprint density at radius 3 is 2.36 bits per heavy atom. The summed E-state index contributed by atoms with van der Waals surface area (Å²) in [5.41, 5.74) is 4.14. The molecule has 4 saturated heterocycles. The van der Waals surface area contributed by atoms with Crippen LogP contribution in [0.4, 0.5) is 0 Å². The number of likely N-dealkylation sites (tertiary alicyclic amines) is 1. The van der Waals surface area contributed by atoms with Gasteiger partial charge >= 0.3 is 0 Å². The van der Waals surface area contributed by atoms with Gasteiger partial charge in [0.25, 0.3) is 5.91 Å². The number of amides is 1. The molecule has 2 aromatic rings. The van der Waals surface area contributed by atoms with Crippen LogP contribution < -0.4 is 0 Å². The summed E-state index contributed by atoms with van der Waals surface area (Å²) in [6.45, 7) is 7.07. The Balaban J connectivity index is 1.56. The number of piperidine rings is 3. The molecular weight excluding hydrogens is 348 g/mol. The van der Waals surface area contributed by atoms with Crippen LogP contribution in [0.15, 0.2) is 42.5 Å². The van der Waals surface area contributed by atoms with Gasteiger partial charge in [0, 0.05) is 24.1 Å². The lowest BCUT2D eigenvalue weighted by Crippen LogP contribution is -2.60. The molecule has 4 fully saturated rings. The quantitative estimate of drug-likeness (QED) is 0.869. The van der Waals surface area contributed by atoms with Gasteiger partial charge in [-0.05, 0) is 74.5 Å². The Kier molecular flexibility index (Phi) is 4.20. The van der Waals surface area contributed by atoms with Crippen molar-refractivity contribution in [3.63, 3.8) is 0 Å². The van der Waals surface area contributed by atoms with E-state index in [1.54, 1.807) is 6.07 Å². The molecule has 1 amide bonds. The largest absolute Gasteiger partial charge is 0.508 e. The number of hydrogen-bond donors (Lipinski definition) is 1. The maximum absolute atomic E-state index is 13.7. The number of carbonyl (C=O) groups excluding carboxylic acids is 1. The monoisotopic (exact) mass is 376 g/mol. The van der Waals surface area contributed by atoms with E-state index < -0.39 is 0 Å². The maximum atomic E-state index is 13.7. The lowest BCUT2D eigenvalue weighted by atomic mass is 9.75. The number of fused-ring (bicyclic) bond motifs is 2. The third-order valence-corrected chi connectivity index (χ3v) is 7.25. The van der Waals surface area contributed by atoms with Crippen molar-refractivity contribution in [2.24, 2.45) is 5.92 Å². The summed E-state index contributed by atoms with van der Waals surface area (Å²) < 4.78 is 0. The van der Waals surface area contributed by atoms with Crippen molar-refractivity contribution < 1.29 is 9.90 Å². The van der Waals surface area contributed by atoms with Gasteiger partial charge in [0.2, 0.25) is 0 Å². The summed E-state index contributed by atoms with van der Waals surface area (Å²) in [6, 6.07) is 14.4. The zero-order valence-corrected chi connectivity index (χ0v) is 16.6. The minimum atomic E-state index is 0.182. The molecule has 28 heavy (non-hydrogen) atoms. The van der Waals surface area contributed by atoms with E-state index in [-0.39, 0.29) is 17.9 Å². The maximum Gasteiger partial charge on any atom is 0.254 e. The summed E-state index contributed by atoms with van der Waals surface area (Å²) in [5.74, 6) is 1.34. The number of phenols is 1. The Labute approximate surface area is 166 Å². The third kappa shape index (κ3) is 2.66. The summed E-state index contributed by atoms with van der Waals surface area (Å²) in [5, 5.41) is 10.0. The molecular formula is C24H28N2O2. The molecule has 0 aliphatic carbocycles. The van der Waals surface area contributed by atoms with E-state index in [4.69, 9.17) is 0 Å². The molecule has 4 heteroatoms. The highest BCUT2D eigenvalue weighted by atomic mass is 16.3. The topological polar surface area (TPSA) is 43.8 Å². The molecule has 4 heterocycles. The van der Waals surface area contributed by atoms with E-state index >= 15 is 0 Å². The molecule has 146 valence electrons. The smallest absolute Gasteiger partial charge is 0.254 e. The van der Waals surface area contributed by atoms with Crippen LogP contribution in [-0.2, 0) is 0 Å². The minimum Gasteiger partial charge on any atom is -0.508 e. The van der Waals surface area contributed by atoms with Gasteiger partial charge in [-0.25, -0.2) is 0 Å². The molecule has 2 aromatic carbocycles. The Morgan fingerprint density at radius 2 is 1.68 bits per heavy atom. The summed E-state index contributed by atoms with van der Waals surface area (Å²) in [7, 11) is 0. The Bertz CT molecular complexity index is 896. The van der Waals surface area contributed by atoms with Gasteiger partial charge in [-0.3, -0.25) is 9.69 Å². The van der Waals surface area contributed by atoms with E-state index in [1.165, 1.54) is 12.8 Å². The molecule has 6 rings (SSSR count). The lowest BCUT2D eigenvalue weighted by molar-refractivity contribution is -0.00346. The highest BCUT2D eigenvalue weighted by Crippen LogP contribution is 2.47. The predicted molar refractivity (Wildman–Crippen MR) is 110 cm³/mol. The van der Waals surface area contributed by atoms with Crippen molar-refractivity contribution in [3.8, 4) is 5.75 Å². The number of carbonyl (C=O) groups is 1. The van der Waals surface area contributed by atoms with Crippen LogP contribution in [0.2, 0.25) is 0 Å². The molecule has 2 bridgehead atoms. The van der Waals surface area contributed by atoms with Crippen molar-refractivity contribution in [2.75, 3.05) is 19.6 Å². The van der Waals surface area contributed by atoms with Gasteiger partial charge in [-0.2, -0.15) is 0 Å². The Morgan fingerprint density at radius 1 is 1.00 bits per heavy atom. The average molecular weight is 377 g/mol. The van der Waals surface area contributed by atoms with Crippen LogP contribution in [-0.4, -0.2) is 52.5 Å².